The van der Waals surface area contributed by atoms with E-state index in [1.54, 1.807) is 24.3 Å². The Balaban J connectivity index is 2.35. The molecule has 1 aromatic carbocycles. The van der Waals surface area contributed by atoms with Crippen molar-refractivity contribution in [2.24, 2.45) is 5.92 Å². The molecule has 1 amide bonds. The quantitative estimate of drug-likeness (QED) is 0.687. The maximum Gasteiger partial charge on any atom is 0.224 e. The molecule has 0 aliphatic carbocycles. The Bertz CT molecular complexity index is 362. The maximum atomic E-state index is 11.7. The van der Waals surface area contributed by atoms with Gasteiger partial charge in [-0.05, 0) is 30.0 Å². The zero-order valence-electron chi connectivity index (χ0n) is 10.7. The SMILES string of the molecule is CCC(CCO)CNC(=O)Cc1ccc(O)cc1. The Hall–Kier alpha value is -1.55. The van der Waals surface area contributed by atoms with Crippen LogP contribution in [0.3, 0.4) is 0 Å². The highest BCUT2D eigenvalue weighted by molar-refractivity contribution is 5.78. The van der Waals surface area contributed by atoms with Crippen LogP contribution in [0.25, 0.3) is 0 Å². The van der Waals surface area contributed by atoms with Crippen molar-refractivity contribution in [1.82, 2.24) is 5.32 Å². The van der Waals surface area contributed by atoms with Crippen LogP contribution >= 0.6 is 0 Å². The Labute approximate surface area is 108 Å². The molecule has 18 heavy (non-hydrogen) atoms. The molecule has 3 N–H and O–H groups in total. The number of nitrogens with one attached hydrogen (secondary N) is 1. The van der Waals surface area contributed by atoms with Crippen LogP contribution in [0, 0.1) is 5.92 Å². The minimum Gasteiger partial charge on any atom is -0.508 e. The number of amides is 1. The number of rotatable bonds is 7. The van der Waals surface area contributed by atoms with Crippen molar-refractivity contribution in [3.8, 4) is 5.75 Å². The summed E-state index contributed by atoms with van der Waals surface area (Å²) in [4.78, 5) is 11.7. The largest absolute Gasteiger partial charge is 0.508 e. The minimum absolute atomic E-state index is 0.0305. The summed E-state index contributed by atoms with van der Waals surface area (Å²) < 4.78 is 0. The van der Waals surface area contributed by atoms with Crippen molar-refractivity contribution in [3.05, 3.63) is 29.8 Å². The fourth-order valence-electron chi connectivity index (χ4n) is 1.75. The highest BCUT2D eigenvalue weighted by Gasteiger charge is 2.08. The second-order valence-electron chi connectivity index (χ2n) is 4.43. The molecular formula is C14H21NO3. The first-order valence-electron chi connectivity index (χ1n) is 6.31. The lowest BCUT2D eigenvalue weighted by molar-refractivity contribution is -0.120. The third-order valence-electron chi connectivity index (χ3n) is 3.00. The van der Waals surface area contributed by atoms with Gasteiger partial charge in [0.05, 0.1) is 6.42 Å². The van der Waals surface area contributed by atoms with Gasteiger partial charge in [-0.15, -0.1) is 0 Å². The monoisotopic (exact) mass is 251 g/mol. The fourth-order valence-corrected chi connectivity index (χ4v) is 1.75. The van der Waals surface area contributed by atoms with E-state index in [1.165, 1.54) is 0 Å². The van der Waals surface area contributed by atoms with Crippen molar-refractivity contribution < 1.29 is 15.0 Å². The lowest BCUT2D eigenvalue weighted by Gasteiger charge is -2.14. The summed E-state index contributed by atoms with van der Waals surface area (Å²) in [5.74, 6) is 0.504. The van der Waals surface area contributed by atoms with E-state index in [4.69, 9.17) is 10.2 Å². The highest BCUT2D eigenvalue weighted by atomic mass is 16.3. The molecule has 0 radical (unpaired) electrons. The topological polar surface area (TPSA) is 69.6 Å². The molecule has 0 fully saturated rings. The Morgan fingerprint density at radius 3 is 2.56 bits per heavy atom. The first-order chi connectivity index (χ1) is 8.65. The summed E-state index contributed by atoms with van der Waals surface area (Å²) >= 11 is 0. The summed E-state index contributed by atoms with van der Waals surface area (Å²) in [7, 11) is 0. The van der Waals surface area contributed by atoms with E-state index in [0.29, 0.717) is 18.9 Å². The summed E-state index contributed by atoms with van der Waals surface area (Å²) in [5.41, 5.74) is 0.875. The van der Waals surface area contributed by atoms with Crippen LogP contribution < -0.4 is 5.32 Å². The van der Waals surface area contributed by atoms with Crippen LogP contribution in [0.1, 0.15) is 25.3 Å². The summed E-state index contributed by atoms with van der Waals surface area (Å²) in [6.45, 7) is 2.81. The average Bonchev–Trinajstić information content (AvgIpc) is 2.37. The van der Waals surface area contributed by atoms with E-state index in [-0.39, 0.29) is 18.3 Å². The lowest BCUT2D eigenvalue weighted by Crippen LogP contribution is -2.30. The normalized spacial score (nSPS) is 12.1. The van der Waals surface area contributed by atoms with Crippen molar-refractivity contribution >= 4 is 5.91 Å². The van der Waals surface area contributed by atoms with Crippen LogP contribution in [0.15, 0.2) is 24.3 Å². The van der Waals surface area contributed by atoms with E-state index < -0.39 is 0 Å². The molecule has 4 heteroatoms. The molecule has 0 bridgehead atoms. The Morgan fingerprint density at radius 1 is 1.33 bits per heavy atom. The first kappa shape index (κ1) is 14.5. The fraction of sp³-hybridized carbons (Fsp3) is 0.500. The number of aromatic hydroxyl groups is 1. The first-order valence-corrected chi connectivity index (χ1v) is 6.31. The third-order valence-corrected chi connectivity index (χ3v) is 3.00. The van der Waals surface area contributed by atoms with E-state index in [2.05, 4.69) is 5.32 Å². The van der Waals surface area contributed by atoms with E-state index in [9.17, 15) is 4.79 Å². The molecule has 0 saturated carbocycles. The van der Waals surface area contributed by atoms with Crippen LogP contribution in [-0.2, 0) is 11.2 Å². The minimum atomic E-state index is -0.0305. The predicted molar refractivity (Wildman–Crippen MR) is 70.3 cm³/mol. The van der Waals surface area contributed by atoms with Crippen LogP contribution in [0.4, 0.5) is 0 Å². The molecule has 0 heterocycles. The molecule has 100 valence electrons. The third kappa shape index (κ3) is 5.19. The average molecular weight is 251 g/mol. The lowest BCUT2D eigenvalue weighted by atomic mass is 10.0. The number of aliphatic hydroxyl groups is 1. The molecule has 4 nitrogen and oxygen atoms in total. The predicted octanol–water partition coefficient (Wildman–Crippen LogP) is 1.46. The number of aliphatic hydroxyl groups excluding tert-OH is 1. The molecule has 1 atom stereocenters. The smallest absolute Gasteiger partial charge is 0.224 e. The van der Waals surface area contributed by atoms with Crippen molar-refractivity contribution in [1.29, 1.82) is 0 Å². The number of hydrogen-bond donors (Lipinski definition) is 3. The Kier molecular flexibility index (Phi) is 6.22. The van der Waals surface area contributed by atoms with Gasteiger partial charge in [-0.3, -0.25) is 4.79 Å². The number of benzene rings is 1. The van der Waals surface area contributed by atoms with Crippen LogP contribution in [0.2, 0.25) is 0 Å². The number of carbonyl (C=O) groups is 1. The molecule has 0 spiro atoms. The molecule has 1 rings (SSSR count). The molecule has 0 aliphatic rings. The summed E-state index contributed by atoms with van der Waals surface area (Å²) in [6.07, 6.45) is 1.98. The zero-order valence-corrected chi connectivity index (χ0v) is 10.7. The van der Waals surface area contributed by atoms with Gasteiger partial charge in [-0.2, -0.15) is 0 Å². The van der Waals surface area contributed by atoms with E-state index in [0.717, 1.165) is 18.4 Å². The van der Waals surface area contributed by atoms with Gasteiger partial charge in [-0.1, -0.05) is 25.5 Å². The van der Waals surface area contributed by atoms with Gasteiger partial charge in [0.2, 0.25) is 5.91 Å². The van der Waals surface area contributed by atoms with Crippen LogP contribution in [-0.4, -0.2) is 29.3 Å². The van der Waals surface area contributed by atoms with Gasteiger partial charge in [0.15, 0.2) is 0 Å². The molecular weight excluding hydrogens is 230 g/mol. The van der Waals surface area contributed by atoms with E-state index >= 15 is 0 Å². The number of carbonyl (C=O) groups excluding carboxylic acids is 1. The second-order valence-corrected chi connectivity index (χ2v) is 4.43. The molecule has 0 aliphatic heterocycles. The summed E-state index contributed by atoms with van der Waals surface area (Å²) in [6, 6.07) is 6.62. The van der Waals surface area contributed by atoms with Gasteiger partial charge in [0.1, 0.15) is 5.75 Å². The van der Waals surface area contributed by atoms with Crippen molar-refractivity contribution in [3.63, 3.8) is 0 Å². The van der Waals surface area contributed by atoms with E-state index in [1.807, 2.05) is 6.92 Å². The molecule has 1 aromatic rings. The van der Waals surface area contributed by atoms with Gasteiger partial charge in [0.25, 0.3) is 0 Å². The van der Waals surface area contributed by atoms with Gasteiger partial charge >= 0.3 is 0 Å². The molecule has 1 unspecified atom stereocenters. The second kappa shape index (κ2) is 7.71. The number of hydrogen-bond acceptors (Lipinski definition) is 3. The maximum absolute atomic E-state index is 11.7. The van der Waals surface area contributed by atoms with Crippen LogP contribution in [0.5, 0.6) is 5.75 Å². The van der Waals surface area contributed by atoms with Gasteiger partial charge in [-0.25, -0.2) is 0 Å². The van der Waals surface area contributed by atoms with Crippen molar-refractivity contribution in [2.45, 2.75) is 26.2 Å². The molecule has 0 aromatic heterocycles. The highest BCUT2D eigenvalue weighted by Crippen LogP contribution is 2.10. The summed E-state index contributed by atoms with van der Waals surface area (Å²) in [5, 5.41) is 20.9. The molecule has 0 saturated heterocycles. The number of phenolic OH excluding ortho intramolecular Hbond substituents is 1. The standard InChI is InChI=1S/C14H21NO3/c1-2-11(7-8-16)10-15-14(18)9-12-3-5-13(17)6-4-12/h3-6,11,16-17H,2,7-10H2,1H3,(H,15,18). The number of phenols is 1. The van der Waals surface area contributed by atoms with Crippen molar-refractivity contribution in [2.75, 3.05) is 13.2 Å². The Morgan fingerprint density at radius 2 is 2.00 bits per heavy atom. The van der Waals surface area contributed by atoms with Gasteiger partial charge in [0, 0.05) is 13.2 Å². The van der Waals surface area contributed by atoms with Gasteiger partial charge < -0.3 is 15.5 Å². The zero-order chi connectivity index (χ0) is 13.4.